The lowest BCUT2D eigenvalue weighted by molar-refractivity contribution is 0.146. The van der Waals surface area contributed by atoms with Gasteiger partial charge in [0.2, 0.25) is 11.8 Å². The van der Waals surface area contributed by atoms with Gasteiger partial charge >= 0.3 is 0 Å². The lowest BCUT2D eigenvalue weighted by atomic mass is 10.2. The molecule has 1 aromatic carbocycles. The Morgan fingerprint density at radius 3 is 2.70 bits per heavy atom. The van der Waals surface area contributed by atoms with Gasteiger partial charge in [0, 0.05) is 65.6 Å². The molecule has 0 unspecified atom stereocenters. The molecule has 196 valence electrons. The minimum absolute atomic E-state index is 0.255. The maximum absolute atomic E-state index is 6.56. The number of anilines is 3. The summed E-state index contributed by atoms with van der Waals surface area (Å²) in [7, 11) is 3.65. The van der Waals surface area contributed by atoms with Crippen LogP contribution in [0.2, 0.25) is 5.02 Å². The molecule has 1 fully saturated rings. The van der Waals surface area contributed by atoms with E-state index in [-0.39, 0.29) is 5.95 Å². The van der Waals surface area contributed by atoms with Crippen LogP contribution in [0, 0.1) is 0 Å². The van der Waals surface area contributed by atoms with Gasteiger partial charge in [-0.3, -0.25) is 4.90 Å². The highest BCUT2D eigenvalue weighted by Crippen LogP contribution is 2.30. The lowest BCUT2D eigenvalue weighted by Gasteiger charge is -2.37. The molecule has 1 aliphatic rings. The van der Waals surface area contributed by atoms with Crippen LogP contribution in [0.25, 0.3) is 17.4 Å². The lowest BCUT2D eigenvalue weighted by Crippen LogP contribution is -2.48. The van der Waals surface area contributed by atoms with Crippen molar-refractivity contribution in [1.82, 2.24) is 29.5 Å². The molecule has 5 rings (SSSR count). The Kier molecular flexibility index (Phi) is 7.58. The van der Waals surface area contributed by atoms with Crippen molar-refractivity contribution in [2.45, 2.75) is 0 Å². The topological polar surface area (TPSA) is 123 Å². The number of hydrogen-bond donors (Lipinski definition) is 1. The average Bonchev–Trinajstić information content (AvgIpc) is 3.58. The van der Waals surface area contributed by atoms with Crippen molar-refractivity contribution in [3.63, 3.8) is 0 Å². The zero-order valence-electron chi connectivity index (χ0n) is 20.9. The summed E-state index contributed by atoms with van der Waals surface area (Å²) in [5, 5.41) is 5.04. The molecule has 1 saturated heterocycles. The monoisotopic (exact) mass is 527 g/mol. The molecular weight excluding hydrogens is 498 g/mol. The molecule has 3 aromatic heterocycles. The average molecular weight is 528 g/mol. The molecule has 0 amide bonds. The van der Waals surface area contributed by atoms with Gasteiger partial charge in [0.1, 0.15) is 24.4 Å². The first-order valence-corrected chi connectivity index (χ1v) is 12.4. The summed E-state index contributed by atoms with van der Waals surface area (Å²) in [4.78, 5) is 19.9. The first-order chi connectivity index (χ1) is 18.0. The maximum Gasteiger partial charge on any atom is 0.266 e. The Morgan fingerprint density at radius 1 is 1.14 bits per heavy atom. The number of ether oxygens (including phenoxy) is 2. The number of nitrogens with zero attached hydrogens (tertiary/aromatic N) is 8. The van der Waals surface area contributed by atoms with Gasteiger partial charge in [0.15, 0.2) is 5.65 Å². The number of nitrogen functional groups attached to an aromatic ring is 1. The van der Waals surface area contributed by atoms with Gasteiger partial charge in [0.05, 0.1) is 23.5 Å². The van der Waals surface area contributed by atoms with Gasteiger partial charge in [0.25, 0.3) is 5.89 Å². The first-order valence-electron chi connectivity index (χ1n) is 12.0. The molecule has 0 atom stereocenters. The van der Waals surface area contributed by atoms with Crippen molar-refractivity contribution >= 4 is 34.7 Å². The van der Waals surface area contributed by atoms with Crippen molar-refractivity contribution in [2.75, 3.05) is 82.2 Å². The van der Waals surface area contributed by atoms with E-state index in [4.69, 9.17) is 31.2 Å². The molecule has 0 bridgehead atoms. The van der Waals surface area contributed by atoms with Crippen molar-refractivity contribution in [2.24, 2.45) is 0 Å². The van der Waals surface area contributed by atoms with Crippen LogP contribution in [-0.4, -0.2) is 96.1 Å². The molecule has 4 aromatic rings. The van der Waals surface area contributed by atoms with E-state index in [0.717, 1.165) is 56.5 Å². The predicted molar refractivity (Wildman–Crippen MR) is 141 cm³/mol. The summed E-state index contributed by atoms with van der Waals surface area (Å²) in [6, 6.07) is 7.71. The summed E-state index contributed by atoms with van der Waals surface area (Å²) in [6.45, 7) is 6.39. The normalized spacial score (nSPS) is 14.4. The Bertz CT molecular complexity index is 1320. The third-order valence-electron chi connectivity index (χ3n) is 6.29. The highest BCUT2D eigenvalue weighted by Gasteiger charge is 2.20. The van der Waals surface area contributed by atoms with Crippen LogP contribution in [0.1, 0.15) is 0 Å². The van der Waals surface area contributed by atoms with Gasteiger partial charge in [-0.25, -0.2) is 9.97 Å². The Morgan fingerprint density at radius 2 is 1.97 bits per heavy atom. The van der Waals surface area contributed by atoms with E-state index >= 15 is 0 Å². The first kappa shape index (κ1) is 25.1. The third-order valence-corrected chi connectivity index (χ3v) is 6.59. The second kappa shape index (κ2) is 11.2. The number of piperazine rings is 1. The fourth-order valence-electron chi connectivity index (χ4n) is 4.21. The molecule has 2 N–H and O–H groups in total. The number of benzene rings is 1. The van der Waals surface area contributed by atoms with Gasteiger partial charge < -0.3 is 29.4 Å². The van der Waals surface area contributed by atoms with E-state index in [9.17, 15) is 0 Å². The SMILES string of the molecule is COCCOc1ccc(N2CCN(CCN(C)c3cc4nc(-c5ncco5)nn4c(N)n3)CC2)c(Cl)c1. The van der Waals surface area contributed by atoms with E-state index < -0.39 is 0 Å². The quantitative estimate of drug-likeness (QED) is 0.305. The molecule has 1 aliphatic heterocycles. The Hall–Kier alpha value is -3.61. The summed E-state index contributed by atoms with van der Waals surface area (Å²) < 4.78 is 17.5. The second-order valence-electron chi connectivity index (χ2n) is 8.72. The largest absolute Gasteiger partial charge is 0.491 e. The van der Waals surface area contributed by atoms with E-state index in [2.05, 4.69) is 34.8 Å². The summed E-state index contributed by atoms with van der Waals surface area (Å²) in [5.41, 5.74) is 7.77. The molecule has 0 saturated carbocycles. The summed E-state index contributed by atoms with van der Waals surface area (Å²) in [6.07, 6.45) is 3.03. The predicted octanol–water partition coefficient (Wildman–Crippen LogP) is 2.30. The Labute approximate surface area is 219 Å². The van der Waals surface area contributed by atoms with Crippen LogP contribution in [-0.2, 0) is 4.74 Å². The number of halogens is 1. The van der Waals surface area contributed by atoms with Gasteiger partial charge in [-0.2, -0.15) is 9.50 Å². The van der Waals surface area contributed by atoms with Crippen molar-refractivity contribution < 1.29 is 13.9 Å². The van der Waals surface area contributed by atoms with E-state index in [1.165, 1.54) is 10.8 Å². The number of fused-ring (bicyclic) bond motifs is 1. The molecular formula is C24H30ClN9O3. The van der Waals surface area contributed by atoms with E-state index in [0.29, 0.717) is 35.6 Å². The third kappa shape index (κ3) is 5.71. The van der Waals surface area contributed by atoms with Crippen molar-refractivity contribution in [3.8, 4) is 17.5 Å². The van der Waals surface area contributed by atoms with Crippen molar-refractivity contribution in [1.29, 1.82) is 0 Å². The number of aromatic nitrogens is 5. The molecule has 12 nitrogen and oxygen atoms in total. The van der Waals surface area contributed by atoms with Crippen LogP contribution in [0.15, 0.2) is 41.1 Å². The minimum atomic E-state index is 0.255. The molecule has 0 radical (unpaired) electrons. The number of methoxy groups -OCH3 is 1. The van der Waals surface area contributed by atoms with Gasteiger partial charge in [-0.1, -0.05) is 11.6 Å². The molecule has 13 heteroatoms. The van der Waals surface area contributed by atoms with Crippen LogP contribution >= 0.6 is 11.6 Å². The van der Waals surface area contributed by atoms with Crippen LogP contribution in [0.4, 0.5) is 17.5 Å². The second-order valence-corrected chi connectivity index (χ2v) is 9.13. The molecule has 0 aliphatic carbocycles. The summed E-state index contributed by atoms with van der Waals surface area (Å²) in [5.74, 6) is 2.44. The Balaban J connectivity index is 1.15. The number of oxazole rings is 1. The van der Waals surface area contributed by atoms with Crippen LogP contribution in [0.3, 0.4) is 0 Å². The van der Waals surface area contributed by atoms with E-state index in [1.807, 2.05) is 31.3 Å². The smallest absolute Gasteiger partial charge is 0.266 e. The molecule has 0 spiro atoms. The number of hydrogen-bond acceptors (Lipinski definition) is 11. The molecule has 4 heterocycles. The van der Waals surface area contributed by atoms with Gasteiger partial charge in [-0.15, -0.1) is 5.10 Å². The standard InChI is InChI=1S/C24H30ClN9O3/c1-31(20-16-21-28-22(23-27-5-12-37-23)30-34(21)24(26)29-20)6-7-32-8-10-33(11-9-32)19-4-3-17(15-18(19)25)36-14-13-35-2/h3-5,12,15-16H,6-11,13-14H2,1-2H3,(H2,26,29). The van der Waals surface area contributed by atoms with Crippen LogP contribution < -0.4 is 20.3 Å². The fourth-order valence-corrected chi connectivity index (χ4v) is 4.50. The summed E-state index contributed by atoms with van der Waals surface area (Å²) >= 11 is 6.56. The number of nitrogens with two attached hydrogens (primary N) is 1. The zero-order valence-corrected chi connectivity index (χ0v) is 21.6. The van der Waals surface area contributed by atoms with Gasteiger partial charge in [-0.05, 0) is 12.1 Å². The number of rotatable bonds is 10. The fraction of sp³-hybridized carbons (Fsp3) is 0.417. The van der Waals surface area contributed by atoms with Crippen LogP contribution in [0.5, 0.6) is 5.75 Å². The minimum Gasteiger partial charge on any atom is -0.491 e. The zero-order chi connectivity index (χ0) is 25.8. The van der Waals surface area contributed by atoms with E-state index in [1.54, 1.807) is 13.3 Å². The number of likely N-dealkylation sites (N-methyl/N-ethyl adjacent to an activating group) is 1. The van der Waals surface area contributed by atoms with Crippen molar-refractivity contribution in [3.05, 3.63) is 41.7 Å². The maximum atomic E-state index is 6.56. The highest BCUT2D eigenvalue weighted by atomic mass is 35.5. The highest BCUT2D eigenvalue weighted by molar-refractivity contribution is 6.33. The molecule has 37 heavy (non-hydrogen) atoms.